The molecule has 0 saturated carbocycles. The Balaban J connectivity index is 3.85. The Bertz CT molecular complexity index is 272. The number of unbranched alkanes of at least 4 members (excludes halogenated alkanes) is 9. The second-order valence-corrected chi connectivity index (χ2v) is 7.87. The van der Waals surface area contributed by atoms with Crippen molar-refractivity contribution in [3.8, 4) is 0 Å². The number of rotatable bonds is 18. The molecule has 0 atom stereocenters. The van der Waals surface area contributed by atoms with E-state index in [2.05, 4.69) is 29.8 Å². The first kappa shape index (κ1) is 24.8. The zero-order valence-electron chi connectivity index (χ0n) is 16.7. The fraction of sp³-hybridized carbons (Fsp3) is 0.952. The molecule has 0 radical (unpaired) electrons. The lowest BCUT2D eigenvalue weighted by Gasteiger charge is -2.17. The van der Waals surface area contributed by atoms with Crippen molar-refractivity contribution in [1.82, 2.24) is 0 Å². The maximum absolute atomic E-state index is 11.7. The van der Waals surface area contributed by atoms with Crippen LogP contribution in [0.25, 0.3) is 0 Å². The number of halogens is 1. The summed E-state index contributed by atoms with van der Waals surface area (Å²) in [5.41, 5.74) is 0. The molecule has 0 aliphatic heterocycles. The van der Waals surface area contributed by atoms with E-state index in [1.807, 2.05) is 0 Å². The van der Waals surface area contributed by atoms with Crippen molar-refractivity contribution < 1.29 is 14.3 Å². The third-order valence-electron chi connectivity index (χ3n) is 4.62. The van der Waals surface area contributed by atoms with E-state index in [9.17, 15) is 4.79 Å². The average Bonchev–Trinajstić information content (AvgIpc) is 2.62. The first-order chi connectivity index (χ1) is 12.2. The molecule has 0 aliphatic carbocycles. The van der Waals surface area contributed by atoms with Crippen LogP contribution in [0.15, 0.2) is 0 Å². The molecule has 0 spiro atoms. The highest BCUT2D eigenvalue weighted by molar-refractivity contribution is 9.09. The maximum Gasteiger partial charge on any atom is 0.508 e. The first-order valence-corrected chi connectivity index (χ1v) is 11.7. The molecule has 4 heteroatoms. The van der Waals surface area contributed by atoms with Crippen molar-refractivity contribution in [3.63, 3.8) is 0 Å². The van der Waals surface area contributed by atoms with Crippen LogP contribution in [0.2, 0.25) is 0 Å². The molecule has 0 heterocycles. The summed E-state index contributed by atoms with van der Waals surface area (Å²) in [7, 11) is 0. The van der Waals surface area contributed by atoms with E-state index < -0.39 is 6.16 Å². The number of carbonyl (C=O) groups excluding carboxylic acids is 1. The standard InChI is InChI=1S/C21H41BrO3/c1-3-5-7-11-15-20(16-12-8-6-4-2)19-25-21(23)24-18-14-10-9-13-17-22/h20H,3-19H2,1-2H3. The van der Waals surface area contributed by atoms with E-state index in [-0.39, 0.29) is 0 Å². The van der Waals surface area contributed by atoms with Gasteiger partial charge in [-0.25, -0.2) is 4.79 Å². The molecule has 0 rings (SSSR count). The summed E-state index contributed by atoms with van der Waals surface area (Å²) in [5, 5.41) is 1.05. The summed E-state index contributed by atoms with van der Waals surface area (Å²) in [4.78, 5) is 11.7. The number of ether oxygens (including phenoxy) is 2. The van der Waals surface area contributed by atoms with Crippen LogP contribution >= 0.6 is 15.9 Å². The molecule has 0 fully saturated rings. The molecule has 0 aromatic rings. The van der Waals surface area contributed by atoms with Crippen molar-refractivity contribution >= 4 is 22.1 Å². The molecule has 0 aromatic heterocycles. The Morgan fingerprint density at radius 1 is 0.760 bits per heavy atom. The minimum Gasteiger partial charge on any atom is -0.434 e. The Morgan fingerprint density at radius 3 is 1.88 bits per heavy atom. The molecular weight excluding hydrogens is 380 g/mol. The third kappa shape index (κ3) is 18.3. The van der Waals surface area contributed by atoms with Gasteiger partial charge in [0.15, 0.2) is 0 Å². The van der Waals surface area contributed by atoms with Gasteiger partial charge in [0.2, 0.25) is 0 Å². The zero-order chi connectivity index (χ0) is 18.6. The van der Waals surface area contributed by atoms with E-state index in [4.69, 9.17) is 9.47 Å². The quantitative estimate of drug-likeness (QED) is 0.129. The van der Waals surface area contributed by atoms with Crippen LogP contribution in [0.5, 0.6) is 0 Å². The van der Waals surface area contributed by atoms with Gasteiger partial charge >= 0.3 is 6.16 Å². The minimum absolute atomic E-state index is 0.479. The van der Waals surface area contributed by atoms with Crippen molar-refractivity contribution in [1.29, 1.82) is 0 Å². The average molecular weight is 421 g/mol. The summed E-state index contributed by atoms with van der Waals surface area (Å²) in [6.07, 6.45) is 16.5. The third-order valence-corrected chi connectivity index (χ3v) is 5.18. The topological polar surface area (TPSA) is 35.5 Å². The smallest absolute Gasteiger partial charge is 0.434 e. The number of alkyl halides is 1. The molecule has 0 aromatic carbocycles. The van der Waals surface area contributed by atoms with Crippen LogP contribution in [0, 0.1) is 5.92 Å². The lowest BCUT2D eigenvalue weighted by atomic mass is 9.95. The van der Waals surface area contributed by atoms with Gasteiger partial charge in [-0.15, -0.1) is 0 Å². The molecule has 0 aliphatic rings. The summed E-state index contributed by atoms with van der Waals surface area (Å²) < 4.78 is 10.6. The van der Waals surface area contributed by atoms with Gasteiger partial charge in [-0.1, -0.05) is 94.0 Å². The van der Waals surface area contributed by atoms with Gasteiger partial charge in [0.05, 0.1) is 13.2 Å². The summed E-state index contributed by atoms with van der Waals surface area (Å²) in [5.74, 6) is 0.500. The zero-order valence-corrected chi connectivity index (χ0v) is 18.3. The molecule has 25 heavy (non-hydrogen) atoms. The highest BCUT2D eigenvalue weighted by Crippen LogP contribution is 2.19. The Hall–Kier alpha value is -0.250. The fourth-order valence-corrected chi connectivity index (χ4v) is 3.36. The monoisotopic (exact) mass is 420 g/mol. The van der Waals surface area contributed by atoms with Crippen LogP contribution in [0.4, 0.5) is 4.79 Å². The molecule has 0 amide bonds. The van der Waals surface area contributed by atoms with Crippen LogP contribution in [0.3, 0.4) is 0 Å². The predicted molar refractivity (Wildman–Crippen MR) is 111 cm³/mol. The second-order valence-electron chi connectivity index (χ2n) is 7.08. The summed E-state index contributed by atoms with van der Waals surface area (Å²) >= 11 is 3.42. The Kier molecular flexibility index (Phi) is 19.9. The lowest BCUT2D eigenvalue weighted by molar-refractivity contribution is 0.0406. The molecular formula is C21H41BrO3. The summed E-state index contributed by atoms with van der Waals surface area (Å²) in [6, 6.07) is 0. The van der Waals surface area contributed by atoms with E-state index >= 15 is 0 Å². The van der Waals surface area contributed by atoms with E-state index in [1.54, 1.807) is 0 Å². The highest BCUT2D eigenvalue weighted by atomic mass is 79.9. The van der Waals surface area contributed by atoms with Crippen LogP contribution in [-0.2, 0) is 9.47 Å². The normalized spacial score (nSPS) is 11.0. The Morgan fingerprint density at radius 2 is 1.32 bits per heavy atom. The molecule has 0 saturated heterocycles. The van der Waals surface area contributed by atoms with E-state index in [1.165, 1.54) is 77.0 Å². The highest BCUT2D eigenvalue weighted by Gasteiger charge is 2.12. The number of hydrogen-bond donors (Lipinski definition) is 0. The Labute approximate surface area is 164 Å². The van der Waals surface area contributed by atoms with Gasteiger partial charge in [-0.2, -0.15) is 0 Å². The van der Waals surface area contributed by atoms with Gasteiger partial charge in [-0.05, 0) is 31.6 Å². The number of hydrogen-bond acceptors (Lipinski definition) is 3. The molecule has 0 bridgehead atoms. The molecule has 3 nitrogen and oxygen atoms in total. The largest absolute Gasteiger partial charge is 0.508 e. The lowest BCUT2D eigenvalue weighted by Crippen LogP contribution is -2.16. The maximum atomic E-state index is 11.7. The van der Waals surface area contributed by atoms with Crippen molar-refractivity contribution in [2.45, 2.75) is 104 Å². The van der Waals surface area contributed by atoms with Crippen molar-refractivity contribution in [2.75, 3.05) is 18.5 Å². The number of carbonyl (C=O) groups is 1. The van der Waals surface area contributed by atoms with Crippen molar-refractivity contribution in [2.24, 2.45) is 5.92 Å². The van der Waals surface area contributed by atoms with Gasteiger partial charge in [-0.3, -0.25) is 0 Å². The van der Waals surface area contributed by atoms with E-state index in [0.29, 0.717) is 19.1 Å². The molecule has 0 unspecified atom stereocenters. The minimum atomic E-state index is -0.479. The van der Waals surface area contributed by atoms with Crippen LogP contribution < -0.4 is 0 Å². The first-order valence-electron chi connectivity index (χ1n) is 10.6. The summed E-state index contributed by atoms with van der Waals surface area (Å²) in [6.45, 7) is 5.49. The van der Waals surface area contributed by atoms with Gasteiger partial charge in [0.1, 0.15) is 0 Å². The molecule has 0 N–H and O–H groups in total. The van der Waals surface area contributed by atoms with Gasteiger partial charge in [0.25, 0.3) is 0 Å². The van der Waals surface area contributed by atoms with E-state index in [0.717, 1.165) is 18.2 Å². The van der Waals surface area contributed by atoms with Gasteiger partial charge in [0, 0.05) is 5.33 Å². The fourth-order valence-electron chi connectivity index (χ4n) is 2.96. The second kappa shape index (κ2) is 20.1. The van der Waals surface area contributed by atoms with Crippen LogP contribution in [-0.4, -0.2) is 24.7 Å². The van der Waals surface area contributed by atoms with Gasteiger partial charge < -0.3 is 9.47 Å². The predicted octanol–water partition coefficient (Wildman–Crippen LogP) is 7.65. The SMILES string of the molecule is CCCCCCC(CCCCCC)COC(=O)OCCCCCCBr. The van der Waals surface area contributed by atoms with Crippen LogP contribution in [0.1, 0.15) is 104 Å². The molecule has 150 valence electrons. The van der Waals surface area contributed by atoms with Crippen molar-refractivity contribution in [3.05, 3.63) is 0 Å².